The van der Waals surface area contributed by atoms with Crippen molar-refractivity contribution < 1.29 is 19.1 Å². The lowest BCUT2D eigenvalue weighted by Gasteiger charge is -2.28. The molecule has 2 aromatic rings. The highest BCUT2D eigenvalue weighted by Crippen LogP contribution is 2.35. The van der Waals surface area contributed by atoms with E-state index in [1.165, 1.54) is 4.90 Å². The zero-order chi connectivity index (χ0) is 19.7. The summed E-state index contributed by atoms with van der Waals surface area (Å²) in [4.78, 5) is 45.4. The van der Waals surface area contributed by atoms with E-state index >= 15 is 0 Å². The number of hydrogen-bond acceptors (Lipinski definition) is 5. The number of imide groups is 1. The van der Waals surface area contributed by atoms with Gasteiger partial charge < -0.3 is 9.64 Å². The van der Waals surface area contributed by atoms with Crippen molar-refractivity contribution in [3.8, 4) is 5.75 Å². The molecule has 0 bridgehead atoms. The third kappa shape index (κ3) is 3.47. The Morgan fingerprint density at radius 3 is 2.57 bits per heavy atom. The average molecular weight is 379 g/mol. The van der Waals surface area contributed by atoms with Crippen molar-refractivity contribution >= 4 is 23.4 Å². The van der Waals surface area contributed by atoms with Crippen LogP contribution in [-0.4, -0.2) is 40.8 Å². The predicted octanol–water partition coefficient (Wildman–Crippen LogP) is 2.16. The Morgan fingerprint density at radius 2 is 1.96 bits per heavy atom. The molecule has 1 saturated heterocycles. The molecule has 144 valence electrons. The molecule has 1 atom stereocenters. The molecule has 2 fully saturated rings. The average Bonchev–Trinajstić information content (AvgIpc) is 3.52. The number of methoxy groups -OCH3 is 1. The summed E-state index contributed by atoms with van der Waals surface area (Å²) >= 11 is 0. The monoisotopic (exact) mass is 379 g/mol. The maximum Gasteiger partial charge on any atom is 0.257 e. The maximum atomic E-state index is 13.1. The summed E-state index contributed by atoms with van der Waals surface area (Å²) in [6.45, 7) is 0.267. The molecule has 3 amide bonds. The van der Waals surface area contributed by atoms with E-state index in [1.807, 2.05) is 6.07 Å². The number of hydrogen-bond donors (Lipinski definition) is 0. The maximum absolute atomic E-state index is 13.1. The normalized spacial score (nSPS) is 19.0. The van der Waals surface area contributed by atoms with E-state index in [0.717, 1.165) is 18.4 Å². The van der Waals surface area contributed by atoms with Crippen molar-refractivity contribution in [3.63, 3.8) is 0 Å². The van der Waals surface area contributed by atoms with Crippen molar-refractivity contribution in [1.29, 1.82) is 0 Å². The number of nitrogens with zero attached hydrogens (tertiary/aromatic N) is 3. The highest BCUT2D eigenvalue weighted by molar-refractivity contribution is 6.23. The Labute approximate surface area is 162 Å². The van der Waals surface area contributed by atoms with Gasteiger partial charge in [0.25, 0.3) is 5.91 Å². The minimum absolute atomic E-state index is 0.0103. The smallest absolute Gasteiger partial charge is 0.257 e. The van der Waals surface area contributed by atoms with Gasteiger partial charge >= 0.3 is 0 Å². The van der Waals surface area contributed by atoms with Crippen LogP contribution in [0.15, 0.2) is 48.8 Å². The zero-order valence-electron chi connectivity index (χ0n) is 15.6. The van der Waals surface area contributed by atoms with E-state index in [9.17, 15) is 14.4 Å². The number of ether oxygens (including phenoxy) is 1. The van der Waals surface area contributed by atoms with Crippen molar-refractivity contribution in [2.45, 2.75) is 31.8 Å². The van der Waals surface area contributed by atoms with Crippen LogP contribution >= 0.6 is 0 Å². The van der Waals surface area contributed by atoms with Crippen LogP contribution in [0, 0.1) is 5.92 Å². The molecule has 1 aliphatic heterocycles. The third-order valence-corrected chi connectivity index (χ3v) is 5.12. The third-order valence-electron chi connectivity index (χ3n) is 5.12. The summed E-state index contributed by atoms with van der Waals surface area (Å²) < 4.78 is 5.13. The quantitative estimate of drug-likeness (QED) is 0.719. The minimum atomic E-state index is -0.789. The Morgan fingerprint density at radius 1 is 1.21 bits per heavy atom. The molecule has 0 N–H and O–H groups in total. The second kappa shape index (κ2) is 7.42. The number of aromatic nitrogens is 1. The van der Waals surface area contributed by atoms with Gasteiger partial charge in [0, 0.05) is 24.9 Å². The van der Waals surface area contributed by atoms with Crippen LogP contribution in [0.5, 0.6) is 5.75 Å². The van der Waals surface area contributed by atoms with Gasteiger partial charge in [-0.2, -0.15) is 0 Å². The Bertz CT molecular complexity index is 894. The van der Waals surface area contributed by atoms with E-state index in [0.29, 0.717) is 11.4 Å². The molecule has 7 heteroatoms. The Balaban J connectivity index is 1.60. The predicted molar refractivity (Wildman–Crippen MR) is 101 cm³/mol. The van der Waals surface area contributed by atoms with E-state index < -0.39 is 6.04 Å². The molecule has 1 unspecified atom stereocenters. The van der Waals surface area contributed by atoms with Crippen LogP contribution in [0.3, 0.4) is 0 Å². The van der Waals surface area contributed by atoms with Crippen LogP contribution in [0.2, 0.25) is 0 Å². The Kier molecular flexibility index (Phi) is 4.81. The number of rotatable bonds is 6. The van der Waals surface area contributed by atoms with Crippen LogP contribution in [0.4, 0.5) is 5.69 Å². The minimum Gasteiger partial charge on any atom is -0.497 e. The van der Waals surface area contributed by atoms with E-state index in [2.05, 4.69) is 4.98 Å². The number of benzene rings is 1. The summed E-state index contributed by atoms with van der Waals surface area (Å²) in [5, 5.41) is 0. The van der Waals surface area contributed by atoms with Crippen LogP contribution in [-0.2, 0) is 20.9 Å². The van der Waals surface area contributed by atoms with Crippen molar-refractivity contribution in [3.05, 3.63) is 54.4 Å². The molecule has 28 heavy (non-hydrogen) atoms. The number of carbonyl (C=O) groups is 3. The first-order valence-electron chi connectivity index (χ1n) is 9.28. The van der Waals surface area contributed by atoms with Gasteiger partial charge in [-0.25, -0.2) is 4.90 Å². The van der Waals surface area contributed by atoms with Crippen molar-refractivity contribution in [2.24, 2.45) is 5.92 Å². The summed E-state index contributed by atoms with van der Waals surface area (Å²) in [5.74, 6) is -0.143. The van der Waals surface area contributed by atoms with Crippen molar-refractivity contribution in [1.82, 2.24) is 9.88 Å². The van der Waals surface area contributed by atoms with Gasteiger partial charge in [-0.3, -0.25) is 19.4 Å². The highest BCUT2D eigenvalue weighted by Gasteiger charge is 2.46. The summed E-state index contributed by atoms with van der Waals surface area (Å²) in [6, 6.07) is 9.61. The molecule has 0 spiro atoms. The summed E-state index contributed by atoms with van der Waals surface area (Å²) in [6.07, 6.45) is 4.99. The summed E-state index contributed by atoms with van der Waals surface area (Å²) in [5.41, 5.74) is 1.32. The fourth-order valence-electron chi connectivity index (χ4n) is 3.46. The zero-order valence-corrected chi connectivity index (χ0v) is 15.6. The topological polar surface area (TPSA) is 79.8 Å². The molecule has 2 aliphatic rings. The van der Waals surface area contributed by atoms with E-state index in [1.54, 1.807) is 54.7 Å². The SMILES string of the molecule is COc1ccc(N2C(=O)CC(N(Cc3cccnc3)C(=O)C3CC3)C2=O)cc1. The van der Waals surface area contributed by atoms with Gasteiger partial charge in [0.1, 0.15) is 11.8 Å². The first-order valence-corrected chi connectivity index (χ1v) is 9.28. The van der Waals surface area contributed by atoms with Gasteiger partial charge in [-0.15, -0.1) is 0 Å². The van der Waals surface area contributed by atoms with E-state index in [4.69, 9.17) is 4.74 Å². The lowest BCUT2D eigenvalue weighted by atomic mass is 10.1. The Hall–Kier alpha value is -3.22. The van der Waals surface area contributed by atoms with Crippen LogP contribution in [0.1, 0.15) is 24.8 Å². The lowest BCUT2D eigenvalue weighted by molar-refractivity contribution is -0.140. The fourth-order valence-corrected chi connectivity index (χ4v) is 3.46. The number of amides is 3. The standard InChI is InChI=1S/C21H21N3O4/c1-28-17-8-6-16(7-9-17)24-19(25)11-18(21(24)27)23(20(26)15-4-5-15)13-14-3-2-10-22-12-14/h2-3,6-10,12,15,18H,4-5,11,13H2,1H3. The molecule has 1 aromatic carbocycles. The van der Waals surface area contributed by atoms with Crippen LogP contribution < -0.4 is 9.64 Å². The molecule has 2 heterocycles. The van der Waals surface area contributed by atoms with Gasteiger partial charge in [0.2, 0.25) is 11.8 Å². The first-order chi connectivity index (χ1) is 13.6. The first kappa shape index (κ1) is 18.2. The molecule has 4 rings (SSSR count). The number of pyridine rings is 1. The van der Waals surface area contributed by atoms with E-state index in [-0.39, 0.29) is 36.6 Å². The molecule has 1 aliphatic carbocycles. The van der Waals surface area contributed by atoms with Gasteiger partial charge in [0.15, 0.2) is 0 Å². The molecular formula is C21H21N3O4. The van der Waals surface area contributed by atoms with Crippen molar-refractivity contribution in [2.75, 3.05) is 12.0 Å². The lowest BCUT2D eigenvalue weighted by Crippen LogP contribution is -2.45. The number of carbonyl (C=O) groups excluding carboxylic acids is 3. The molecular weight excluding hydrogens is 358 g/mol. The number of anilines is 1. The molecule has 0 radical (unpaired) electrons. The van der Waals surface area contributed by atoms with Gasteiger partial charge in [-0.05, 0) is 48.7 Å². The largest absolute Gasteiger partial charge is 0.497 e. The van der Waals surface area contributed by atoms with Gasteiger partial charge in [-0.1, -0.05) is 6.07 Å². The van der Waals surface area contributed by atoms with Crippen LogP contribution in [0.25, 0.3) is 0 Å². The molecule has 1 saturated carbocycles. The summed E-state index contributed by atoms with van der Waals surface area (Å²) in [7, 11) is 1.55. The molecule has 1 aromatic heterocycles. The second-order valence-electron chi connectivity index (χ2n) is 7.09. The molecule has 7 nitrogen and oxygen atoms in total. The fraction of sp³-hybridized carbons (Fsp3) is 0.333. The second-order valence-corrected chi connectivity index (χ2v) is 7.09. The van der Waals surface area contributed by atoms with Gasteiger partial charge in [0.05, 0.1) is 19.2 Å². The highest BCUT2D eigenvalue weighted by atomic mass is 16.5.